The quantitative estimate of drug-likeness (QED) is 0.844. The highest BCUT2D eigenvalue weighted by molar-refractivity contribution is 7.89. The number of amides is 1. The number of terminal acetylenes is 1. The van der Waals surface area contributed by atoms with Gasteiger partial charge in [-0.25, -0.2) is 8.42 Å². The van der Waals surface area contributed by atoms with Crippen LogP contribution in [0.15, 0.2) is 59.5 Å². The maximum Gasteiger partial charge on any atom is 0.243 e. The van der Waals surface area contributed by atoms with Crippen LogP contribution in [0.3, 0.4) is 0 Å². The lowest BCUT2D eigenvalue weighted by atomic mass is 9.97. The molecule has 1 fully saturated rings. The SMILES string of the molecule is C#Cc1cccc(NC(=O)C2CCN(S(=O)(=O)c3ccccc3)CC2)c1. The van der Waals surface area contributed by atoms with Crippen molar-refractivity contribution in [1.82, 2.24) is 4.31 Å². The molecule has 1 heterocycles. The second-order valence-electron chi connectivity index (χ2n) is 6.21. The van der Waals surface area contributed by atoms with Gasteiger partial charge in [0.15, 0.2) is 0 Å². The molecule has 5 nitrogen and oxygen atoms in total. The third-order valence-corrected chi connectivity index (χ3v) is 6.42. The van der Waals surface area contributed by atoms with E-state index in [-0.39, 0.29) is 16.7 Å². The van der Waals surface area contributed by atoms with Crippen LogP contribution in [0.5, 0.6) is 0 Å². The highest BCUT2D eigenvalue weighted by Crippen LogP contribution is 2.25. The van der Waals surface area contributed by atoms with Crippen molar-refractivity contribution in [2.75, 3.05) is 18.4 Å². The summed E-state index contributed by atoms with van der Waals surface area (Å²) in [4.78, 5) is 12.7. The van der Waals surface area contributed by atoms with Gasteiger partial charge in [0.1, 0.15) is 0 Å². The molecule has 3 rings (SSSR count). The number of piperidine rings is 1. The minimum Gasteiger partial charge on any atom is -0.326 e. The summed E-state index contributed by atoms with van der Waals surface area (Å²) in [5.74, 6) is 2.22. The Bertz CT molecular complexity index is 925. The van der Waals surface area contributed by atoms with Crippen molar-refractivity contribution >= 4 is 21.6 Å². The molecule has 0 aliphatic carbocycles. The van der Waals surface area contributed by atoms with E-state index >= 15 is 0 Å². The number of nitrogens with one attached hydrogen (secondary N) is 1. The van der Waals surface area contributed by atoms with E-state index in [9.17, 15) is 13.2 Å². The van der Waals surface area contributed by atoms with Crippen LogP contribution in [0.4, 0.5) is 5.69 Å². The maximum atomic E-state index is 12.6. The van der Waals surface area contributed by atoms with E-state index in [1.54, 1.807) is 54.6 Å². The van der Waals surface area contributed by atoms with Gasteiger partial charge >= 0.3 is 0 Å². The molecule has 1 saturated heterocycles. The van der Waals surface area contributed by atoms with Crippen LogP contribution in [0.1, 0.15) is 18.4 Å². The molecule has 134 valence electrons. The van der Waals surface area contributed by atoms with Crippen molar-refractivity contribution in [1.29, 1.82) is 0 Å². The Kier molecular flexibility index (Phi) is 5.40. The fourth-order valence-corrected chi connectivity index (χ4v) is 4.52. The van der Waals surface area contributed by atoms with Crippen molar-refractivity contribution in [2.45, 2.75) is 17.7 Å². The van der Waals surface area contributed by atoms with Crippen LogP contribution >= 0.6 is 0 Å². The number of hydrogen-bond acceptors (Lipinski definition) is 3. The molecule has 0 radical (unpaired) electrons. The van der Waals surface area contributed by atoms with Gasteiger partial charge in [-0.1, -0.05) is 30.2 Å². The van der Waals surface area contributed by atoms with Crippen molar-refractivity contribution < 1.29 is 13.2 Å². The molecule has 0 bridgehead atoms. The molecule has 0 unspecified atom stereocenters. The van der Waals surface area contributed by atoms with Gasteiger partial charge in [-0.3, -0.25) is 4.79 Å². The van der Waals surface area contributed by atoms with Crippen LogP contribution in [0.2, 0.25) is 0 Å². The lowest BCUT2D eigenvalue weighted by molar-refractivity contribution is -0.120. The molecule has 0 spiro atoms. The van der Waals surface area contributed by atoms with Crippen LogP contribution in [0.25, 0.3) is 0 Å². The molecular weight excluding hydrogens is 348 g/mol. The van der Waals surface area contributed by atoms with Gasteiger partial charge in [-0.2, -0.15) is 4.31 Å². The Hall–Kier alpha value is -2.62. The second kappa shape index (κ2) is 7.73. The first-order valence-electron chi connectivity index (χ1n) is 8.43. The molecule has 1 N–H and O–H groups in total. The highest BCUT2D eigenvalue weighted by atomic mass is 32.2. The Balaban J connectivity index is 1.61. The number of anilines is 1. The minimum atomic E-state index is -3.50. The topological polar surface area (TPSA) is 66.5 Å². The normalized spacial score (nSPS) is 16.0. The number of carbonyl (C=O) groups excluding carboxylic acids is 1. The fraction of sp³-hybridized carbons (Fsp3) is 0.250. The van der Waals surface area contributed by atoms with Gasteiger partial charge in [-0.15, -0.1) is 6.42 Å². The Morgan fingerprint density at radius 1 is 1.08 bits per heavy atom. The molecule has 1 aliphatic heterocycles. The number of sulfonamides is 1. The molecule has 2 aromatic carbocycles. The van der Waals surface area contributed by atoms with Crippen molar-refractivity contribution in [2.24, 2.45) is 5.92 Å². The van der Waals surface area contributed by atoms with Crippen LogP contribution < -0.4 is 5.32 Å². The van der Waals surface area contributed by atoms with E-state index in [4.69, 9.17) is 6.42 Å². The summed E-state index contributed by atoms with van der Waals surface area (Å²) in [6, 6.07) is 15.5. The van der Waals surface area contributed by atoms with Crippen LogP contribution in [-0.2, 0) is 14.8 Å². The zero-order valence-corrected chi connectivity index (χ0v) is 15.1. The summed E-state index contributed by atoms with van der Waals surface area (Å²) >= 11 is 0. The molecular formula is C20H20N2O3S. The average molecular weight is 368 g/mol. The third kappa shape index (κ3) is 3.96. The molecule has 26 heavy (non-hydrogen) atoms. The number of rotatable bonds is 4. The molecule has 1 aliphatic rings. The summed E-state index contributed by atoms with van der Waals surface area (Å²) in [6.45, 7) is 0.666. The molecule has 2 aromatic rings. The fourth-order valence-electron chi connectivity index (χ4n) is 3.03. The zero-order chi connectivity index (χ0) is 18.6. The molecule has 1 amide bonds. The Morgan fingerprint density at radius 2 is 1.77 bits per heavy atom. The van der Waals surface area contributed by atoms with Gasteiger partial charge < -0.3 is 5.32 Å². The lowest BCUT2D eigenvalue weighted by Crippen LogP contribution is -2.41. The number of carbonyl (C=O) groups is 1. The summed E-state index contributed by atoms with van der Waals surface area (Å²) < 4.78 is 26.7. The zero-order valence-electron chi connectivity index (χ0n) is 14.3. The van der Waals surface area contributed by atoms with Gasteiger partial charge in [0.2, 0.25) is 15.9 Å². The number of nitrogens with zero attached hydrogens (tertiary/aromatic N) is 1. The largest absolute Gasteiger partial charge is 0.326 e. The van der Waals surface area contributed by atoms with Gasteiger partial charge in [-0.05, 0) is 43.2 Å². The maximum absolute atomic E-state index is 12.6. The number of hydrogen-bond donors (Lipinski definition) is 1. The van der Waals surface area contributed by atoms with E-state index in [0.717, 1.165) is 0 Å². The molecule has 6 heteroatoms. The van der Waals surface area contributed by atoms with Crippen molar-refractivity contribution in [3.8, 4) is 12.3 Å². The van der Waals surface area contributed by atoms with Gasteiger partial charge in [0, 0.05) is 30.3 Å². The monoisotopic (exact) mass is 368 g/mol. The first kappa shape index (κ1) is 18.2. The average Bonchev–Trinajstić information content (AvgIpc) is 2.69. The highest BCUT2D eigenvalue weighted by Gasteiger charge is 2.32. The van der Waals surface area contributed by atoms with E-state index in [1.807, 2.05) is 0 Å². The molecule has 0 aromatic heterocycles. The Morgan fingerprint density at radius 3 is 2.42 bits per heavy atom. The number of benzene rings is 2. The van der Waals surface area contributed by atoms with E-state index in [0.29, 0.717) is 37.2 Å². The standard InChI is InChI=1S/C20H20N2O3S/c1-2-16-7-6-8-18(15-16)21-20(23)17-11-13-22(14-12-17)26(24,25)19-9-4-3-5-10-19/h1,3-10,15,17H,11-14H2,(H,21,23). The summed E-state index contributed by atoms with van der Waals surface area (Å²) in [6.07, 6.45) is 6.36. The van der Waals surface area contributed by atoms with E-state index in [2.05, 4.69) is 11.2 Å². The predicted molar refractivity (Wildman–Crippen MR) is 101 cm³/mol. The van der Waals surface area contributed by atoms with Crippen molar-refractivity contribution in [3.05, 3.63) is 60.2 Å². The van der Waals surface area contributed by atoms with Gasteiger partial charge in [0.05, 0.1) is 4.90 Å². The summed E-state index contributed by atoms with van der Waals surface area (Å²) in [5, 5.41) is 2.87. The van der Waals surface area contributed by atoms with Crippen LogP contribution in [0, 0.1) is 18.3 Å². The van der Waals surface area contributed by atoms with E-state index in [1.165, 1.54) is 4.31 Å². The molecule has 0 atom stereocenters. The molecule has 0 saturated carbocycles. The van der Waals surface area contributed by atoms with Crippen molar-refractivity contribution in [3.63, 3.8) is 0 Å². The van der Waals surface area contributed by atoms with Crippen LogP contribution in [-0.4, -0.2) is 31.7 Å². The first-order valence-corrected chi connectivity index (χ1v) is 9.87. The van der Waals surface area contributed by atoms with Gasteiger partial charge in [0.25, 0.3) is 0 Å². The smallest absolute Gasteiger partial charge is 0.243 e. The first-order chi connectivity index (χ1) is 12.5. The predicted octanol–water partition coefficient (Wildman–Crippen LogP) is 2.71. The second-order valence-corrected chi connectivity index (χ2v) is 8.14. The summed E-state index contributed by atoms with van der Waals surface area (Å²) in [5.41, 5.74) is 1.36. The lowest BCUT2D eigenvalue weighted by Gasteiger charge is -2.30. The Labute approximate surface area is 154 Å². The minimum absolute atomic E-state index is 0.101. The summed E-state index contributed by atoms with van der Waals surface area (Å²) in [7, 11) is -3.50. The van der Waals surface area contributed by atoms with E-state index < -0.39 is 10.0 Å². The third-order valence-electron chi connectivity index (χ3n) is 4.50.